The molecule has 0 aliphatic heterocycles. The van der Waals surface area contributed by atoms with Crippen molar-refractivity contribution in [1.82, 2.24) is 0 Å². The van der Waals surface area contributed by atoms with E-state index in [0.29, 0.717) is 19.8 Å². The number of hydrogen-bond donors (Lipinski definition) is 0. The third kappa shape index (κ3) is 4.78. The second-order valence-corrected chi connectivity index (χ2v) is 6.14. The quantitative estimate of drug-likeness (QED) is 0.649. The maximum Gasteiger partial charge on any atom is 0.125 e. The van der Waals surface area contributed by atoms with Gasteiger partial charge in [-0.2, -0.15) is 0 Å². The van der Waals surface area contributed by atoms with Crippen LogP contribution in [0.5, 0.6) is 5.75 Å². The summed E-state index contributed by atoms with van der Waals surface area (Å²) >= 11 is 0. The van der Waals surface area contributed by atoms with Gasteiger partial charge in [-0.1, -0.05) is 0 Å². The van der Waals surface area contributed by atoms with Gasteiger partial charge in [0, 0.05) is 6.42 Å². The van der Waals surface area contributed by atoms with Crippen LogP contribution in [0.4, 0.5) is 8.78 Å². The molecule has 0 heterocycles. The summed E-state index contributed by atoms with van der Waals surface area (Å²) in [4.78, 5) is 0. The molecule has 0 fully saturated rings. The molecule has 0 atom stereocenters. The van der Waals surface area contributed by atoms with Crippen molar-refractivity contribution in [2.75, 3.05) is 13.2 Å². The van der Waals surface area contributed by atoms with Gasteiger partial charge in [-0.15, -0.1) is 0 Å². The normalized spacial score (nSPS) is 10.9. The number of aryl methyl sites for hydroxylation is 4. The summed E-state index contributed by atoms with van der Waals surface area (Å²) in [5, 5.41) is 0. The Kier molecular flexibility index (Phi) is 6.32. The van der Waals surface area contributed by atoms with Crippen LogP contribution in [0.2, 0.25) is 0 Å². The molecule has 0 bridgehead atoms. The van der Waals surface area contributed by atoms with E-state index in [2.05, 4.69) is 0 Å². The highest BCUT2D eigenvalue weighted by atomic mass is 19.1. The van der Waals surface area contributed by atoms with Crippen LogP contribution in [-0.2, 0) is 11.3 Å². The van der Waals surface area contributed by atoms with Crippen molar-refractivity contribution < 1.29 is 18.3 Å². The van der Waals surface area contributed by atoms with E-state index in [0.717, 1.165) is 40.0 Å². The van der Waals surface area contributed by atoms with Crippen LogP contribution in [0, 0.1) is 39.3 Å². The van der Waals surface area contributed by atoms with E-state index < -0.39 is 0 Å². The molecule has 2 aromatic carbocycles. The Morgan fingerprint density at radius 1 is 0.750 bits per heavy atom. The zero-order chi connectivity index (χ0) is 17.7. The molecule has 2 aromatic rings. The molecule has 0 saturated carbocycles. The molecule has 0 N–H and O–H groups in total. The van der Waals surface area contributed by atoms with E-state index in [9.17, 15) is 8.78 Å². The third-order valence-corrected chi connectivity index (χ3v) is 4.01. The third-order valence-electron chi connectivity index (χ3n) is 4.01. The largest absolute Gasteiger partial charge is 0.493 e. The van der Waals surface area contributed by atoms with Crippen molar-refractivity contribution >= 4 is 0 Å². The van der Waals surface area contributed by atoms with Crippen LogP contribution in [0.3, 0.4) is 0 Å². The summed E-state index contributed by atoms with van der Waals surface area (Å²) in [7, 11) is 0. The van der Waals surface area contributed by atoms with Gasteiger partial charge in [0.1, 0.15) is 17.4 Å². The number of ether oxygens (including phenoxy) is 2. The fraction of sp³-hybridized carbons (Fsp3) is 0.400. The molecule has 0 saturated heterocycles. The van der Waals surface area contributed by atoms with Crippen molar-refractivity contribution in [2.45, 2.75) is 40.7 Å². The molecule has 130 valence electrons. The fourth-order valence-electron chi connectivity index (χ4n) is 2.80. The van der Waals surface area contributed by atoms with Crippen molar-refractivity contribution in [2.24, 2.45) is 0 Å². The molecule has 24 heavy (non-hydrogen) atoms. The van der Waals surface area contributed by atoms with Gasteiger partial charge in [0.25, 0.3) is 0 Å². The predicted octanol–water partition coefficient (Wildman–Crippen LogP) is 5.18. The van der Waals surface area contributed by atoms with Crippen LogP contribution >= 0.6 is 0 Å². The lowest BCUT2D eigenvalue weighted by molar-refractivity contribution is 0.106. The minimum absolute atomic E-state index is 0.216. The lowest BCUT2D eigenvalue weighted by Crippen LogP contribution is -2.06. The summed E-state index contributed by atoms with van der Waals surface area (Å²) in [5.41, 5.74) is 4.43. The smallest absolute Gasteiger partial charge is 0.125 e. The van der Waals surface area contributed by atoms with Crippen molar-refractivity contribution in [3.8, 4) is 5.75 Å². The van der Waals surface area contributed by atoms with Gasteiger partial charge >= 0.3 is 0 Å². The summed E-state index contributed by atoms with van der Waals surface area (Å²) in [6.45, 7) is 8.97. The maximum absolute atomic E-state index is 13.3. The Bertz CT molecular complexity index is 603. The van der Waals surface area contributed by atoms with E-state index >= 15 is 0 Å². The zero-order valence-electron chi connectivity index (χ0n) is 14.7. The maximum atomic E-state index is 13.3. The van der Waals surface area contributed by atoms with Crippen molar-refractivity contribution in [1.29, 1.82) is 0 Å². The van der Waals surface area contributed by atoms with E-state index in [1.165, 1.54) is 24.3 Å². The second kappa shape index (κ2) is 8.25. The molecule has 0 aromatic heterocycles. The fourth-order valence-corrected chi connectivity index (χ4v) is 2.80. The van der Waals surface area contributed by atoms with Gasteiger partial charge in [0.05, 0.1) is 19.8 Å². The van der Waals surface area contributed by atoms with Crippen LogP contribution in [0.1, 0.15) is 34.2 Å². The zero-order valence-corrected chi connectivity index (χ0v) is 14.7. The van der Waals surface area contributed by atoms with Crippen LogP contribution in [0.15, 0.2) is 24.3 Å². The van der Waals surface area contributed by atoms with Gasteiger partial charge in [-0.25, -0.2) is 8.78 Å². The average molecular weight is 334 g/mol. The van der Waals surface area contributed by atoms with Crippen molar-refractivity contribution in [3.63, 3.8) is 0 Å². The summed E-state index contributed by atoms with van der Waals surface area (Å²) in [6.07, 6.45) is 0.732. The van der Waals surface area contributed by atoms with Gasteiger partial charge < -0.3 is 9.47 Å². The number of hydrogen-bond acceptors (Lipinski definition) is 2. The molecule has 0 radical (unpaired) electrons. The first-order valence-corrected chi connectivity index (χ1v) is 8.11. The molecule has 0 amide bonds. The Balaban J connectivity index is 1.77. The van der Waals surface area contributed by atoms with Crippen LogP contribution in [-0.4, -0.2) is 13.2 Å². The van der Waals surface area contributed by atoms with E-state index in [1.807, 2.05) is 27.7 Å². The summed E-state index contributed by atoms with van der Waals surface area (Å²) < 4.78 is 37.9. The van der Waals surface area contributed by atoms with E-state index in [1.54, 1.807) is 0 Å². The number of halogens is 2. The first kappa shape index (κ1) is 18.4. The van der Waals surface area contributed by atoms with Crippen LogP contribution in [0.25, 0.3) is 0 Å². The lowest BCUT2D eigenvalue weighted by atomic mass is 10.0. The Labute approximate surface area is 142 Å². The summed E-state index contributed by atoms with van der Waals surface area (Å²) in [6, 6.07) is 5.99. The minimum Gasteiger partial charge on any atom is -0.493 e. The average Bonchev–Trinajstić information content (AvgIpc) is 2.46. The van der Waals surface area contributed by atoms with Crippen molar-refractivity contribution in [3.05, 3.63) is 63.7 Å². The van der Waals surface area contributed by atoms with Gasteiger partial charge in [0.15, 0.2) is 0 Å². The summed E-state index contributed by atoms with van der Waals surface area (Å²) in [5.74, 6) is 0.277. The highest BCUT2D eigenvalue weighted by molar-refractivity contribution is 5.40. The molecule has 2 rings (SSSR count). The molecule has 4 heteroatoms. The van der Waals surface area contributed by atoms with Gasteiger partial charge in [-0.3, -0.25) is 0 Å². The SMILES string of the molecule is Cc1cc(F)cc(C)c1COCCCOc1c(C)cc(F)cc1C. The minimum atomic E-state index is -0.245. The van der Waals surface area contributed by atoms with Crippen LogP contribution < -0.4 is 4.74 Å². The Morgan fingerprint density at radius 3 is 1.79 bits per heavy atom. The first-order valence-electron chi connectivity index (χ1n) is 8.11. The molecule has 0 unspecified atom stereocenters. The predicted molar refractivity (Wildman–Crippen MR) is 91.5 cm³/mol. The standard InChI is InChI=1S/C20H24F2O2/c1-13-8-17(21)9-14(2)19(13)12-23-6-5-7-24-20-15(3)10-18(22)11-16(20)4/h8-11H,5-7,12H2,1-4H3. The molecule has 0 spiro atoms. The topological polar surface area (TPSA) is 18.5 Å². The Morgan fingerprint density at radius 2 is 1.25 bits per heavy atom. The van der Waals surface area contributed by atoms with E-state index in [4.69, 9.17) is 9.47 Å². The van der Waals surface area contributed by atoms with Gasteiger partial charge in [-0.05, 0) is 79.8 Å². The lowest BCUT2D eigenvalue weighted by Gasteiger charge is -2.13. The molecule has 2 nitrogen and oxygen atoms in total. The molecular weight excluding hydrogens is 310 g/mol. The highest BCUT2D eigenvalue weighted by Gasteiger charge is 2.07. The molecule has 0 aliphatic rings. The highest BCUT2D eigenvalue weighted by Crippen LogP contribution is 2.24. The second-order valence-electron chi connectivity index (χ2n) is 6.14. The number of benzene rings is 2. The monoisotopic (exact) mass is 334 g/mol. The molecule has 0 aliphatic carbocycles. The first-order chi connectivity index (χ1) is 11.4. The van der Waals surface area contributed by atoms with E-state index in [-0.39, 0.29) is 11.6 Å². The van der Waals surface area contributed by atoms with Gasteiger partial charge in [0.2, 0.25) is 0 Å². The molecular formula is C20H24F2O2. The Hall–Kier alpha value is -1.94. The number of rotatable bonds is 7.